The third kappa shape index (κ3) is 8.21. The van der Waals surface area contributed by atoms with Crippen LogP contribution in [-0.2, 0) is 11.2 Å². The van der Waals surface area contributed by atoms with E-state index in [0.29, 0.717) is 6.42 Å². The Hall–Kier alpha value is -1.75. The van der Waals surface area contributed by atoms with Crippen molar-refractivity contribution in [3.05, 3.63) is 29.8 Å². The first-order valence-electron chi connectivity index (χ1n) is 9.53. The van der Waals surface area contributed by atoms with Crippen LogP contribution in [0.1, 0.15) is 67.9 Å². The number of rotatable bonds is 5. The van der Waals surface area contributed by atoms with Gasteiger partial charge in [-0.1, -0.05) is 12.1 Å². The van der Waals surface area contributed by atoms with Gasteiger partial charge < -0.3 is 14.6 Å². The Morgan fingerprint density at radius 2 is 1.48 bits per heavy atom. The summed E-state index contributed by atoms with van der Waals surface area (Å²) in [5.41, 5.74) is -0.306. The molecule has 0 fully saturated rings. The van der Waals surface area contributed by atoms with Crippen LogP contribution in [0.15, 0.2) is 24.3 Å². The van der Waals surface area contributed by atoms with Crippen LogP contribution in [0.2, 0.25) is 0 Å². The van der Waals surface area contributed by atoms with E-state index in [9.17, 15) is 9.90 Å². The van der Waals surface area contributed by atoms with Gasteiger partial charge in [0.25, 0.3) is 0 Å². The molecule has 0 unspecified atom stereocenters. The highest BCUT2D eigenvalue weighted by atomic mass is 16.6. The van der Waals surface area contributed by atoms with Gasteiger partial charge in [0.1, 0.15) is 17.0 Å². The van der Waals surface area contributed by atoms with Crippen molar-refractivity contribution in [1.29, 1.82) is 0 Å². The number of amides is 1. The van der Waals surface area contributed by atoms with Gasteiger partial charge in [-0.05, 0) is 86.4 Å². The molecule has 0 aromatic heterocycles. The van der Waals surface area contributed by atoms with Crippen LogP contribution in [0.5, 0.6) is 5.75 Å². The lowest BCUT2D eigenvalue weighted by molar-refractivity contribution is -0.0162. The minimum Gasteiger partial charge on any atom is -0.488 e. The number of benzene rings is 1. The van der Waals surface area contributed by atoms with Crippen molar-refractivity contribution in [3.8, 4) is 5.75 Å². The van der Waals surface area contributed by atoms with Gasteiger partial charge in [-0.2, -0.15) is 0 Å². The fraction of sp³-hybridized carbons (Fsp3) is 0.682. The predicted octanol–water partition coefficient (Wildman–Crippen LogP) is 4.80. The molecule has 1 aromatic rings. The second kappa shape index (κ2) is 8.51. The van der Waals surface area contributed by atoms with Crippen molar-refractivity contribution in [2.24, 2.45) is 0 Å². The molecule has 1 rings (SSSR count). The Morgan fingerprint density at radius 1 is 0.963 bits per heavy atom. The molecule has 0 spiro atoms. The molecule has 1 atom stereocenters. The predicted molar refractivity (Wildman–Crippen MR) is 109 cm³/mol. The maximum absolute atomic E-state index is 12.8. The lowest BCUT2D eigenvalue weighted by Crippen LogP contribution is -2.55. The van der Waals surface area contributed by atoms with E-state index in [2.05, 4.69) is 0 Å². The summed E-state index contributed by atoms with van der Waals surface area (Å²) in [6.07, 6.45) is 0.116. The van der Waals surface area contributed by atoms with Gasteiger partial charge >= 0.3 is 6.09 Å². The Bertz CT molecular complexity index is 603. The zero-order chi connectivity index (χ0) is 21.0. The molecule has 5 heteroatoms. The maximum atomic E-state index is 12.8. The smallest absolute Gasteiger partial charge is 0.411 e. The molecular formula is C22H37NO4. The van der Waals surface area contributed by atoms with Gasteiger partial charge in [0.05, 0.1) is 12.6 Å². The number of aliphatic hydroxyl groups excluding tert-OH is 1. The summed E-state index contributed by atoms with van der Waals surface area (Å²) in [5.74, 6) is 0.798. The van der Waals surface area contributed by atoms with E-state index >= 15 is 0 Å². The van der Waals surface area contributed by atoms with E-state index in [0.717, 1.165) is 11.3 Å². The van der Waals surface area contributed by atoms with Crippen LogP contribution in [0.25, 0.3) is 0 Å². The lowest BCUT2D eigenvalue weighted by atomic mass is 9.99. The van der Waals surface area contributed by atoms with Crippen LogP contribution in [0.3, 0.4) is 0 Å². The van der Waals surface area contributed by atoms with Crippen LogP contribution in [-0.4, -0.2) is 45.5 Å². The van der Waals surface area contributed by atoms with E-state index in [1.807, 2.05) is 86.6 Å². The average molecular weight is 380 g/mol. The first kappa shape index (κ1) is 23.3. The summed E-state index contributed by atoms with van der Waals surface area (Å²) in [7, 11) is 0. The number of hydrogen-bond acceptors (Lipinski definition) is 4. The van der Waals surface area contributed by atoms with Crippen LogP contribution >= 0.6 is 0 Å². The van der Waals surface area contributed by atoms with E-state index in [4.69, 9.17) is 9.47 Å². The third-order valence-electron chi connectivity index (χ3n) is 3.71. The van der Waals surface area contributed by atoms with Gasteiger partial charge in [0, 0.05) is 5.54 Å². The average Bonchev–Trinajstić information content (AvgIpc) is 2.43. The molecule has 0 aliphatic heterocycles. The van der Waals surface area contributed by atoms with Crippen molar-refractivity contribution < 1.29 is 19.4 Å². The minimum absolute atomic E-state index is 0.142. The molecule has 27 heavy (non-hydrogen) atoms. The normalized spacial score (nSPS) is 13.9. The molecule has 0 heterocycles. The molecule has 154 valence electrons. The molecule has 1 aromatic carbocycles. The number of ether oxygens (including phenoxy) is 2. The Labute approximate surface area is 164 Å². The third-order valence-corrected chi connectivity index (χ3v) is 3.71. The zero-order valence-corrected chi connectivity index (χ0v) is 18.4. The topological polar surface area (TPSA) is 59.0 Å². The number of carbonyl (C=O) groups is 1. The second-order valence-electron chi connectivity index (χ2n) is 9.92. The maximum Gasteiger partial charge on any atom is 0.411 e. The van der Waals surface area contributed by atoms with Crippen molar-refractivity contribution in [2.75, 3.05) is 6.61 Å². The molecule has 1 amide bonds. The summed E-state index contributed by atoms with van der Waals surface area (Å²) < 4.78 is 11.4. The van der Waals surface area contributed by atoms with E-state index in [-0.39, 0.29) is 18.2 Å². The van der Waals surface area contributed by atoms with Crippen LogP contribution in [0.4, 0.5) is 4.79 Å². The quantitative estimate of drug-likeness (QED) is 0.798. The summed E-state index contributed by atoms with van der Waals surface area (Å²) in [6.45, 7) is 17.2. The van der Waals surface area contributed by atoms with E-state index in [1.165, 1.54) is 0 Å². The van der Waals surface area contributed by atoms with Gasteiger partial charge in [0.2, 0.25) is 0 Å². The van der Waals surface area contributed by atoms with Crippen molar-refractivity contribution >= 4 is 6.09 Å². The lowest BCUT2D eigenvalue weighted by Gasteiger charge is -2.41. The van der Waals surface area contributed by atoms with Crippen LogP contribution < -0.4 is 4.74 Å². The van der Waals surface area contributed by atoms with Crippen molar-refractivity contribution in [2.45, 2.75) is 91.5 Å². The molecule has 0 saturated heterocycles. The van der Waals surface area contributed by atoms with Crippen molar-refractivity contribution in [3.63, 3.8) is 0 Å². The number of nitrogens with zero attached hydrogens (tertiary/aromatic N) is 1. The zero-order valence-electron chi connectivity index (χ0n) is 18.4. The number of hydrogen-bond donors (Lipinski definition) is 1. The highest BCUT2D eigenvalue weighted by Crippen LogP contribution is 2.25. The fourth-order valence-corrected chi connectivity index (χ4v) is 2.84. The first-order chi connectivity index (χ1) is 12.1. The van der Waals surface area contributed by atoms with Gasteiger partial charge in [0.15, 0.2) is 0 Å². The van der Waals surface area contributed by atoms with Gasteiger partial charge in [-0.15, -0.1) is 0 Å². The van der Waals surface area contributed by atoms with Gasteiger partial charge in [-0.3, -0.25) is 4.90 Å². The minimum atomic E-state index is -0.591. The van der Waals surface area contributed by atoms with Crippen molar-refractivity contribution in [1.82, 2.24) is 4.90 Å². The molecule has 0 aliphatic carbocycles. The number of aliphatic hydroxyl groups is 1. The standard InChI is InChI=1S/C22H37NO4/c1-20(2,3)23(19(25)27-22(7,8)9)17(15-24)14-16-10-12-18(13-11-16)26-21(4,5)6/h10-13,17,24H,14-15H2,1-9H3/t17-/m0/s1. The Morgan fingerprint density at radius 3 is 1.85 bits per heavy atom. The molecule has 0 radical (unpaired) electrons. The molecular weight excluding hydrogens is 342 g/mol. The van der Waals surface area contributed by atoms with E-state index < -0.39 is 17.2 Å². The summed E-state index contributed by atoms with van der Waals surface area (Å²) >= 11 is 0. The molecule has 0 saturated carbocycles. The SMILES string of the molecule is CC(C)(C)OC(=O)N([C@H](CO)Cc1ccc(OC(C)(C)C)cc1)C(C)(C)C. The first-order valence-corrected chi connectivity index (χ1v) is 9.53. The highest BCUT2D eigenvalue weighted by Gasteiger charge is 2.36. The van der Waals surface area contributed by atoms with Crippen LogP contribution in [0, 0.1) is 0 Å². The monoisotopic (exact) mass is 379 g/mol. The number of carbonyl (C=O) groups excluding carboxylic acids is 1. The highest BCUT2D eigenvalue weighted by molar-refractivity contribution is 5.69. The summed E-state index contributed by atoms with van der Waals surface area (Å²) in [4.78, 5) is 14.4. The second-order valence-corrected chi connectivity index (χ2v) is 9.92. The molecule has 0 bridgehead atoms. The molecule has 0 aliphatic rings. The Balaban J connectivity index is 3.00. The largest absolute Gasteiger partial charge is 0.488 e. The summed E-state index contributed by atoms with van der Waals surface area (Å²) in [6, 6.07) is 7.40. The van der Waals surface area contributed by atoms with E-state index in [1.54, 1.807) is 4.90 Å². The Kier molecular flexibility index (Phi) is 7.34. The fourth-order valence-electron chi connectivity index (χ4n) is 2.84. The van der Waals surface area contributed by atoms with Gasteiger partial charge in [-0.25, -0.2) is 4.79 Å². The molecule has 5 nitrogen and oxygen atoms in total. The molecule has 1 N–H and O–H groups in total. The summed E-state index contributed by atoms with van der Waals surface area (Å²) in [5, 5.41) is 10.0.